The number of carbonyl (C=O) groups excluding carboxylic acids is 4. The lowest BCUT2D eigenvalue weighted by molar-refractivity contribution is -0.149. The smallest absolute Gasteiger partial charge is 0.247 e. The van der Waals surface area contributed by atoms with Crippen LogP contribution in [0.3, 0.4) is 0 Å². The zero-order valence-electron chi connectivity index (χ0n) is 14.4. The molecule has 2 rings (SSSR count). The third kappa shape index (κ3) is 4.28. The first-order chi connectivity index (χ1) is 11.9. The van der Waals surface area contributed by atoms with E-state index in [-0.39, 0.29) is 5.91 Å². The fourth-order valence-electron chi connectivity index (χ4n) is 3.72. The summed E-state index contributed by atoms with van der Waals surface area (Å²) >= 11 is 0. The number of hydroxylamine groups is 1. The Morgan fingerprint density at radius 2 is 1.68 bits per heavy atom. The highest BCUT2D eigenvalue weighted by Crippen LogP contribution is 2.33. The van der Waals surface area contributed by atoms with Gasteiger partial charge in [-0.2, -0.15) is 0 Å². The van der Waals surface area contributed by atoms with Crippen molar-refractivity contribution in [2.45, 2.75) is 57.5 Å². The normalized spacial score (nSPS) is 27.4. The fourth-order valence-corrected chi connectivity index (χ4v) is 3.72. The van der Waals surface area contributed by atoms with E-state index in [4.69, 9.17) is 10.9 Å². The summed E-state index contributed by atoms with van der Waals surface area (Å²) in [6.07, 6.45) is 3.92. The topological polar surface area (TPSA) is 142 Å². The van der Waals surface area contributed by atoms with Gasteiger partial charge in [-0.3, -0.25) is 24.4 Å². The molecule has 140 valence electrons. The second-order valence-corrected chi connectivity index (χ2v) is 6.80. The Hall–Kier alpha value is -2.16. The first-order valence-electron chi connectivity index (χ1n) is 8.71. The van der Waals surface area contributed by atoms with Crippen molar-refractivity contribution < 1.29 is 24.4 Å². The molecule has 1 aliphatic carbocycles. The minimum absolute atomic E-state index is 0.238. The van der Waals surface area contributed by atoms with Crippen LogP contribution < -0.4 is 16.5 Å². The van der Waals surface area contributed by atoms with E-state index in [1.165, 1.54) is 11.8 Å². The Balaban J connectivity index is 2.09. The fraction of sp³-hybridized carbons (Fsp3) is 0.750. The zero-order valence-corrected chi connectivity index (χ0v) is 14.4. The predicted molar refractivity (Wildman–Crippen MR) is 86.9 cm³/mol. The molecule has 1 saturated carbocycles. The van der Waals surface area contributed by atoms with Gasteiger partial charge in [0.1, 0.15) is 12.1 Å². The Morgan fingerprint density at radius 3 is 2.28 bits per heavy atom. The van der Waals surface area contributed by atoms with Crippen LogP contribution in [0.4, 0.5) is 0 Å². The lowest BCUT2D eigenvalue weighted by atomic mass is 9.78. The van der Waals surface area contributed by atoms with Gasteiger partial charge >= 0.3 is 0 Å². The Labute approximate surface area is 146 Å². The van der Waals surface area contributed by atoms with Gasteiger partial charge in [0, 0.05) is 12.5 Å². The Morgan fingerprint density at radius 1 is 1.04 bits per heavy atom. The van der Waals surface area contributed by atoms with Crippen LogP contribution in [0, 0.1) is 11.8 Å². The molecule has 0 aromatic heterocycles. The van der Waals surface area contributed by atoms with Crippen molar-refractivity contribution in [3.8, 4) is 0 Å². The number of amides is 4. The summed E-state index contributed by atoms with van der Waals surface area (Å²) in [7, 11) is 0. The van der Waals surface area contributed by atoms with Crippen LogP contribution in [0.15, 0.2) is 0 Å². The van der Waals surface area contributed by atoms with Crippen molar-refractivity contribution in [3.63, 3.8) is 0 Å². The van der Waals surface area contributed by atoms with E-state index in [1.54, 1.807) is 5.48 Å². The van der Waals surface area contributed by atoms with Crippen molar-refractivity contribution in [2.75, 3.05) is 6.54 Å². The molecule has 2 aliphatic rings. The molecule has 5 N–H and O–H groups in total. The van der Waals surface area contributed by atoms with Gasteiger partial charge in [0.2, 0.25) is 23.6 Å². The van der Waals surface area contributed by atoms with E-state index in [0.29, 0.717) is 32.2 Å². The van der Waals surface area contributed by atoms with Crippen molar-refractivity contribution in [1.29, 1.82) is 0 Å². The first kappa shape index (κ1) is 19.2. The van der Waals surface area contributed by atoms with Gasteiger partial charge in [0.05, 0.1) is 5.92 Å². The highest BCUT2D eigenvalue weighted by atomic mass is 16.5. The third-order valence-corrected chi connectivity index (χ3v) is 5.15. The molecule has 1 saturated heterocycles. The van der Waals surface area contributed by atoms with E-state index in [9.17, 15) is 19.2 Å². The van der Waals surface area contributed by atoms with E-state index < -0.39 is 41.6 Å². The standard InChI is InChI=1S/C16H26N4O5/c1-9(13(17)21)18-15(23)12-7-4-8-20(12)16(24)11-6-3-2-5-10(11)14(22)19-25/h9-12,25H,2-8H2,1H3,(H2,17,21)(H,18,23)(H,19,22)/t9-,10-,11+,12-/m0/s1. The predicted octanol–water partition coefficient (Wildman–Crippen LogP) is -0.721. The van der Waals surface area contributed by atoms with Crippen LogP contribution in [0.2, 0.25) is 0 Å². The monoisotopic (exact) mass is 354 g/mol. The van der Waals surface area contributed by atoms with Crippen molar-refractivity contribution in [3.05, 3.63) is 0 Å². The largest absolute Gasteiger partial charge is 0.368 e. The van der Waals surface area contributed by atoms with E-state index in [2.05, 4.69) is 5.32 Å². The Bertz CT molecular complexity index is 553. The van der Waals surface area contributed by atoms with Crippen molar-refractivity contribution >= 4 is 23.6 Å². The summed E-state index contributed by atoms with van der Waals surface area (Å²) in [6, 6.07) is -1.47. The number of hydrogen-bond acceptors (Lipinski definition) is 5. The van der Waals surface area contributed by atoms with E-state index >= 15 is 0 Å². The average Bonchev–Trinajstić information content (AvgIpc) is 3.10. The van der Waals surface area contributed by atoms with Crippen LogP contribution in [0.5, 0.6) is 0 Å². The molecule has 0 bridgehead atoms. The quantitative estimate of drug-likeness (QED) is 0.381. The van der Waals surface area contributed by atoms with Crippen LogP contribution >= 0.6 is 0 Å². The SMILES string of the molecule is C[C@H](NC(=O)[C@@H]1CCCN1C(=O)[C@@H]1CCCC[C@@H]1C(=O)NO)C(N)=O. The van der Waals surface area contributed by atoms with Gasteiger partial charge in [-0.15, -0.1) is 0 Å². The number of primary amides is 1. The highest BCUT2D eigenvalue weighted by Gasteiger charge is 2.42. The molecule has 4 atom stereocenters. The van der Waals surface area contributed by atoms with E-state index in [1.807, 2.05) is 0 Å². The zero-order chi connectivity index (χ0) is 18.6. The first-order valence-corrected chi connectivity index (χ1v) is 8.71. The molecule has 9 heteroatoms. The minimum Gasteiger partial charge on any atom is -0.368 e. The maximum atomic E-state index is 13.0. The molecule has 1 aliphatic heterocycles. The summed E-state index contributed by atoms with van der Waals surface area (Å²) in [4.78, 5) is 49.8. The van der Waals surface area contributed by atoms with Crippen LogP contribution in [-0.4, -0.2) is 52.4 Å². The van der Waals surface area contributed by atoms with Crippen LogP contribution in [-0.2, 0) is 19.2 Å². The van der Waals surface area contributed by atoms with Gasteiger partial charge in [0.25, 0.3) is 0 Å². The molecule has 4 amide bonds. The van der Waals surface area contributed by atoms with Crippen molar-refractivity contribution in [2.24, 2.45) is 17.6 Å². The van der Waals surface area contributed by atoms with Gasteiger partial charge in [-0.05, 0) is 32.6 Å². The molecule has 9 nitrogen and oxygen atoms in total. The van der Waals surface area contributed by atoms with E-state index in [0.717, 1.165) is 12.8 Å². The second kappa shape index (κ2) is 8.28. The molecule has 0 spiro atoms. The van der Waals surface area contributed by atoms with Gasteiger partial charge in [0.15, 0.2) is 0 Å². The maximum Gasteiger partial charge on any atom is 0.247 e. The number of nitrogens with zero attached hydrogens (tertiary/aromatic N) is 1. The molecule has 0 unspecified atom stereocenters. The summed E-state index contributed by atoms with van der Waals surface area (Å²) in [5.41, 5.74) is 6.80. The number of carbonyl (C=O) groups is 4. The third-order valence-electron chi connectivity index (χ3n) is 5.15. The van der Waals surface area contributed by atoms with Crippen molar-refractivity contribution in [1.82, 2.24) is 15.7 Å². The second-order valence-electron chi connectivity index (χ2n) is 6.80. The molecule has 0 radical (unpaired) electrons. The average molecular weight is 354 g/mol. The lowest BCUT2D eigenvalue weighted by Crippen LogP contribution is -2.53. The van der Waals surface area contributed by atoms with Gasteiger partial charge in [-0.25, -0.2) is 5.48 Å². The van der Waals surface area contributed by atoms with Gasteiger partial charge in [-0.1, -0.05) is 12.8 Å². The number of nitrogens with two attached hydrogens (primary N) is 1. The summed E-state index contributed by atoms with van der Waals surface area (Å²) in [5, 5.41) is 11.4. The molecular formula is C16H26N4O5. The molecule has 1 heterocycles. The summed E-state index contributed by atoms with van der Waals surface area (Å²) in [5.74, 6) is -2.96. The van der Waals surface area contributed by atoms with Gasteiger partial charge < -0.3 is 16.0 Å². The maximum absolute atomic E-state index is 13.0. The Kier molecular flexibility index (Phi) is 6.35. The molecule has 2 fully saturated rings. The number of nitrogens with one attached hydrogen (secondary N) is 2. The highest BCUT2D eigenvalue weighted by molar-refractivity contribution is 5.93. The molecule has 25 heavy (non-hydrogen) atoms. The lowest BCUT2D eigenvalue weighted by Gasteiger charge is -2.34. The number of rotatable bonds is 5. The molecule has 0 aromatic rings. The van der Waals surface area contributed by atoms with Crippen LogP contribution in [0.1, 0.15) is 45.4 Å². The number of hydrogen-bond donors (Lipinski definition) is 4. The van der Waals surface area contributed by atoms with Crippen LogP contribution in [0.25, 0.3) is 0 Å². The number of likely N-dealkylation sites (tertiary alicyclic amines) is 1. The molecule has 0 aromatic carbocycles. The summed E-state index contributed by atoms with van der Waals surface area (Å²) < 4.78 is 0. The minimum atomic E-state index is -0.812. The summed E-state index contributed by atoms with van der Waals surface area (Å²) in [6.45, 7) is 1.93. The molecular weight excluding hydrogens is 328 g/mol.